The highest BCUT2D eigenvalue weighted by atomic mass is 19.1. The van der Waals surface area contributed by atoms with E-state index in [0.29, 0.717) is 42.5 Å². The van der Waals surface area contributed by atoms with Gasteiger partial charge in [0.15, 0.2) is 0 Å². The Morgan fingerprint density at radius 2 is 1.95 bits per heavy atom. The minimum atomic E-state index is -0.585. The third kappa shape index (κ3) is 6.06. The summed E-state index contributed by atoms with van der Waals surface area (Å²) in [5.74, 6) is -0.333. The summed E-state index contributed by atoms with van der Waals surface area (Å²) in [6.45, 7) is 3.47. The first-order chi connectivity index (χ1) is 19.5. The van der Waals surface area contributed by atoms with Gasteiger partial charge in [-0.25, -0.2) is 19.6 Å². The average Bonchev–Trinajstić information content (AvgIpc) is 3.52. The first-order valence-electron chi connectivity index (χ1n) is 13.0. The number of pyridine rings is 1. The molecule has 10 nitrogen and oxygen atoms in total. The van der Waals surface area contributed by atoms with E-state index in [0.717, 1.165) is 16.9 Å². The second kappa shape index (κ2) is 12.4. The Bertz CT molecular complexity index is 1450. The number of aromatic nitrogens is 5. The van der Waals surface area contributed by atoms with Gasteiger partial charge in [-0.05, 0) is 36.8 Å². The van der Waals surface area contributed by atoms with Gasteiger partial charge < -0.3 is 9.47 Å². The van der Waals surface area contributed by atoms with Crippen LogP contribution in [0.1, 0.15) is 29.3 Å². The molecule has 4 aromatic rings. The van der Waals surface area contributed by atoms with Crippen LogP contribution in [0.2, 0.25) is 0 Å². The van der Waals surface area contributed by atoms with Gasteiger partial charge in [-0.2, -0.15) is 14.6 Å². The van der Waals surface area contributed by atoms with Gasteiger partial charge >= 0.3 is 0 Å². The summed E-state index contributed by atoms with van der Waals surface area (Å²) >= 11 is 0. The lowest BCUT2D eigenvalue weighted by atomic mass is 9.91. The largest absolute Gasteiger partial charge is 0.480 e. The molecule has 1 aromatic carbocycles. The molecule has 2 atom stereocenters. The van der Waals surface area contributed by atoms with Crippen LogP contribution in [0.3, 0.4) is 0 Å². The Morgan fingerprint density at radius 1 is 1.12 bits per heavy atom. The smallest absolute Gasteiger partial charge is 0.232 e. The van der Waals surface area contributed by atoms with E-state index >= 15 is 0 Å². The van der Waals surface area contributed by atoms with Crippen molar-refractivity contribution < 1.29 is 23.5 Å². The van der Waals surface area contributed by atoms with Crippen molar-refractivity contribution in [2.24, 2.45) is 5.92 Å². The predicted octanol–water partition coefficient (Wildman–Crippen LogP) is 3.93. The molecule has 1 aliphatic rings. The molecule has 0 unspecified atom stereocenters. The van der Waals surface area contributed by atoms with E-state index in [1.807, 2.05) is 37.3 Å². The van der Waals surface area contributed by atoms with Gasteiger partial charge in [-0.15, -0.1) is 0 Å². The average molecular weight is 547 g/mol. The number of ketones is 1. The Balaban J connectivity index is 1.42. The van der Waals surface area contributed by atoms with Crippen molar-refractivity contribution >= 4 is 5.78 Å². The number of rotatable bonds is 11. The summed E-state index contributed by atoms with van der Waals surface area (Å²) in [6.07, 6.45) is 4.49. The lowest BCUT2D eigenvalue weighted by molar-refractivity contribution is -0.155. The fourth-order valence-electron chi connectivity index (χ4n) is 4.94. The summed E-state index contributed by atoms with van der Waals surface area (Å²) in [7, 11) is 3.15. The van der Waals surface area contributed by atoms with Crippen molar-refractivity contribution in [3.8, 4) is 23.0 Å². The first kappa shape index (κ1) is 27.5. The molecule has 1 saturated heterocycles. The lowest BCUT2D eigenvalue weighted by Crippen LogP contribution is -2.24. The molecule has 5 rings (SSSR count). The van der Waals surface area contributed by atoms with E-state index < -0.39 is 12.1 Å². The number of methoxy groups -OCH3 is 2. The number of hydroxylamine groups is 2. The third-order valence-corrected chi connectivity index (χ3v) is 6.93. The summed E-state index contributed by atoms with van der Waals surface area (Å²) in [5, 5.41) is 6.62. The Hall–Kier alpha value is -4.06. The molecule has 0 bridgehead atoms. The number of nitrogens with zero attached hydrogens (tertiary/aromatic N) is 6. The van der Waals surface area contributed by atoms with Crippen LogP contribution in [0.5, 0.6) is 5.88 Å². The predicted molar refractivity (Wildman–Crippen MR) is 144 cm³/mol. The van der Waals surface area contributed by atoms with Crippen molar-refractivity contribution in [1.29, 1.82) is 0 Å². The summed E-state index contributed by atoms with van der Waals surface area (Å²) in [5.41, 5.74) is 4.32. The van der Waals surface area contributed by atoms with Crippen LogP contribution >= 0.6 is 0 Å². The van der Waals surface area contributed by atoms with E-state index in [4.69, 9.17) is 19.4 Å². The van der Waals surface area contributed by atoms with Gasteiger partial charge in [0.2, 0.25) is 11.8 Å². The number of hydrogen-bond acceptors (Lipinski definition) is 9. The Morgan fingerprint density at radius 3 is 2.65 bits per heavy atom. The van der Waals surface area contributed by atoms with Crippen LogP contribution in [0.25, 0.3) is 17.1 Å². The molecule has 0 amide bonds. The monoisotopic (exact) mass is 546 g/mol. The molecule has 0 N–H and O–H groups in total. The van der Waals surface area contributed by atoms with Gasteiger partial charge in [0.1, 0.15) is 23.3 Å². The highest BCUT2D eigenvalue weighted by Crippen LogP contribution is 2.37. The zero-order valence-electron chi connectivity index (χ0n) is 22.7. The molecule has 208 valence electrons. The highest BCUT2D eigenvalue weighted by Gasteiger charge is 2.37. The van der Waals surface area contributed by atoms with Crippen LogP contribution in [0, 0.1) is 18.8 Å². The highest BCUT2D eigenvalue weighted by molar-refractivity contribution is 5.82. The second-order valence-electron chi connectivity index (χ2n) is 9.61. The van der Waals surface area contributed by atoms with Crippen molar-refractivity contribution in [2.75, 3.05) is 33.9 Å². The number of carbonyl (C=O) groups excluding carboxylic acids is 1. The van der Waals surface area contributed by atoms with Crippen molar-refractivity contribution in [2.45, 2.75) is 25.9 Å². The molecular formula is C29H31FN6O4. The summed E-state index contributed by atoms with van der Waals surface area (Å²) < 4.78 is 26.1. The topological polar surface area (TPSA) is 104 Å². The standard InChI is InChI=1S/C29H31FN6O4/c1-19-25(36(22-7-5-4-6-8-22)34-28(19)24-16-33-27(39-3)17-32-24)15-23(37)13-21-18-35(11-12-38-2)40-29(21)20-9-10-31-26(30)14-20/h4-10,14,16-17,21,29H,11-13,15,18H2,1-3H3/t21-,29+/m1/s1. The van der Waals surface area contributed by atoms with E-state index in [1.54, 1.807) is 35.3 Å². The minimum Gasteiger partial charge on any atom is -0.480 e. The number of halogens is 1. The number of para-hydroxylation sites is 1. The maximum Gasteiger partial charge on any atom is 0.232 e. The fraction of sp³-hybridized carbons (Fsp3) is 0.345. The second-order valence-corrected chi connectivity index (χ2v) is 9.61. The Kier molecular flexibility index (Phi) is 8.54. The lowest BCUT2D eigenvalue weighted by Gasteiger charge is -2.17. The van der Waals surface area contributed by atoms with E-state index in [9.17, 15) is 9.18 Å². The third-order valence-electron chi connectivity index (χ3n) is 6.93. The summed E-state index contributed by atoms with van der Waals surface area (Å²) in [6, 6.07) is 12.7. The molecule has 0 saturated carbocycles. The van der Waals surface area contributed by atoms with Gasteiger partial charge in [0.25, 0.3) is 0 Å². The van der Waals surface area contributed by atoms with Crippen LogP contribution < -0.4 is 4.74 Å². The van der Waals surface area contributed by atoms with Gasteiger partial charge in [0.05, 0.1) is 37.5 Å². The number of benzene rings is 1. The van der Waals surface area contributed by atoms with Crippen molar-refractivity contribution in [3.63, 3.8) is 0 Å². The Labute approximate surface area is 231 Å². The number of ether oxygens (including phenoxy) is 2. The molecule has 1 aliphatic heterocycles. The number of carbonyl (C=O) groups is 1. The van der Waals surface area contributed by atoms with Gasteiger partial charge in [-0.3, -0.25) is 9.63 Å². The van der Waals surface area contributed by atoms with Crippen molar-refractivity contribution in [1.82, 2.24) is 29.8 Å². The fourth-order valence-corrected chi connectivity index (χ4v) is 4.94. The molecule has 1 fully saturated rings. The quantitative estimate of drug-likeness (QED) is 0.259. The van der Waals surface area contributed by atoms with Gasteiger partial charge in [0, 0.05) is 50.7 Å². The van der Waals surface area contributed by atoms with E-state index in [-0.39, 0.29) is 24.5 Å². The first-order valence-corrected chi connectivity index (χ1v) is 13.0. The van der Waals surface area contributed by atoms with Crippen LogP contribution in [0.4, 0.5) is 4.39 Å². The minimum absolute atomic E-state index is 0.0225. The molecular weight excluding hydrogens is 515 g/mol. The number of Topliss-reactive ketones (excluding diaryl/α,β-unsaturated/α-hetero) is 1. The molecule has 11 heteroatoms. The zero-order chi connectivity index (χ0) is 28.1. The maximum atomic E-state index is 13.9. The van der Waals surface area contributed by atoms with Crippen LogP contribution in [-0.4, -0.2) is 69.5 Å². The summed E-state index contributed by atoms with van der Waals surface area (Å²) in [4.78, 5) is 32.1. The molecule has 4 heterocycles. The molecule has 0 aliphatic carbocycles. The van der Waals surface area contributed by atoms with Crippen molar-refractivity contribution in [3.05, 3.63) is 83.8 Å². The molecule has 0 radical (unpaired) electrons. The van der Waals surface area contributed by atoms with E-state index in [2.05, 4.69) is 15.0 Å². The zero-order valence-corrected chi connectivity index (χ0v) is 22.7. The molecule has 0 spiro atoms. The van der Waals surface area contributed by atoms with Crippen LogP contribution in [0.15, 0.2) is 61.1 Å². The maximum absolute atomic E-state index is 13.9. The van der Waals surface area contributed by atoms with Crippen LogP contribution in [-0.2, 0) is 20.8 Å². The molecule has 40 heavy (non-hydrogen) atoms. The molecule has 3 aromatic heterocycles. The SMILES string of the molecule is COCCN1C[C@@H](CC(=O)Cc2c(C)c(-c3cnc(OC)cn3)nn2-c2ccccc2)[C@H](c2ccnc(F)c2)O1. The van der Waals surface area contributed by atoms with Gasteiger partial charge in [-0.1, -0.05) is 18.2 Å². The van der Waals surface area contributed by atoms with E-state index in [1.165, 1.54) is 19.4 Å². The normalized spacial score (nSPS) is 17.3. The number of hydrogen-bond donors (Lipinski definition) is 0.